The van der Waals surface area contributed by atoms with E-state index in [1.165, 1.54) is 0 Å². The summed E-state index contributed by atoms with van der Waals surface area (Å²) in [5.74, 6) is 1.36. The van der Waals surface area contributed by atoms with Gasteiger partial charge in [0.15, 0.2) is 0 Å². The van der Waals surface area contributed by atoms with Crippen molar-refractivity contribution in [2.75, 3.05) is 5.32 Å². The van der Waals surface area contributed by atoms with Gasteiger partial charge in [-0.25, -0.2) is 4.68 Å². The lowest BCUT2D eigenvalue weighted by atomic mass is 10.1. The normalized spacial score (nSPS) is 10.7. The highest BCUT2D eigenvalue weighted by atomic mass is 16.5. The van der Waals surface area contributed by atoms with Gasteiger partial charge in [-0.15, -0.1) is 5.10 Å². The maximum Gasteiger partial charge on any atom is 0.228 e. The number of anilines is 1. The van der Waals surface area contributed by atoms with E-state index in [4.69, 9.17) is 9.26 Å². The summed E-state index contributed by atoms with van der Waals surface area (Å²) in [6, 6.07) is 14.9. The Morgan fingerprint density at radius 1 is 1.13 bits per heavy atom. The number of nitrogens with zero attached hydrogens (tertiary/aromatic N) is 4. The molecule has 1 N–H and O–H groups in total. The second kappa shape index (κ2) is 8.60. The quantitative estimate of drug-likeness (QED) is 0.506. The molecule has 0 aliphatic rings. The molecule has 4 aromatic rings. The Hall–Kier alpha value is -3.94. The van der Waals surface area contributed by atoms with E-state index in [9.17, 15) is 4.79 Å². The number of ether oxygens (including phenoxy) is 1. The molecule has 0 bridgehead atoms. The predicted molar refractivity (Wildman–Crippen MR) is 110 cm³/mol. The largest absolute Gasteiger partial charge is 0.489 e. The van der Waals surface area contributed by atoms with E-state index >= 15 is 0 Å². The number of hydrogen-bond acceptors (Lipinski definition) is 6. The zero-order valence-corrected chi connectivity index (χ0v) is 16.7. The van der Waals surface area contributed by atoms with Gasteiger partial charge in [-0.1, -0.05) is 34.6 Å². The van der Waals surface area contributed by atoms with Gasteiger partial charge >= 0.3 is 0 Å². The van der Waals surface area contributed by atoms with Crippen LogP contribution in [0.1, 0.15) is 22.6 Å². The molecule has 0 spiro atoms. The lowest BCUT2D eigenvalue weighted by molar-refractivity contribution is -0.115. The van der Waals surface area contributed by atoms with Gasteiger partial charge in [0.05, 0.1) is 41.4 Å². The highest BCUT2D eigenvalue weighted by Crippen LogP contribution is 2.20. The fourth-order valence-electron chi connectivity index (χ4n) is 3.06. The average molecular weight is 403 g/mol. The van der Waals surface area contributed by atoms with Gasteiger partial charge in [-0.2, -0.15) is 0 Å². The number of para-hydroxylation sites is 2. The molecule has 0 saturated carbocycles. The number of amides is 1. The van der Waals surface area contributed by atoms with Crippen LogP contribution in [0.15, 0.2) is 65.4 Å². The molecule has 4 rings (SSSR count). The summed E-state index contributed by atoms with van der Waals surface area (Å²) in [6.45, 7) is 4.14. The maximum atomic E-state index is 12.5. The molecular weight excluding hydrogens is 382 g/mol. The van der Waals surface area contributed by atoms with Gasteiger partial charge in [0.2, 0.25) is 5.91 Å². The second-order valence-electron chi connectivity index (χ2n) is 6.83. The molecule has 0 aliphatic heterocycles. The van der Waals surface area contributed by atoms with Gasteiger partial charge in [0.1, 0.15) is 18.1 Å². The van der Waals surface area contributed by atoms with Crippen molar-refractivity contribution in [3.8, 4) is 11.4 Å². The molecular formula is C22H21N5O3. The van der Waals surface area contributed by atoms with E-state index in [1.54, 1.807) is 17.1 Å². The molecule has 0 aliphatic carbocycles. The van der Waals surface area contributed by atoms with Gasteiger partial charge in [0, 0.05) is 0 Å². The molecule has 0 atom stereocenters. The zero-order chi connectivity index (χ0) is 20.9. The van der Waals surface area contributed by atoms with Crippen molar-refractivity contribution in [2.45, 2.75) is 26.9 Å². The van der Waals surface area contributed by atoms with Crippen molar-refractivity contribution in [1.29, 1.82) is 0 Å². The minimum Gasteiger partial charge on any atom is -0.489 e. The Bertz CT molecular complexity index is 1110. The lowest BCUT2D eigenvalue weighted by Crippen LogP contribution is -2.16. The molecule has 2 aromatic heterocycles. The first-order valence-corrected chi connectivity index (χ1v) is 9.49. The third-order valence-corrected chi connectivity index (χ3v) is 4.70. The lowest BCUT2D eigenvalue weighted by Gasteiger charge is -2.11. The van der Waals surface area contributed by atoms with Crippen LogP contribution in [-0.2, 0) is 17.8 Å². The maximum absolute atomic E-state index is 12.5. The van der Waals surface area contributed by atoms with Crippen molar-refractivity contribution in [1.82, 2.24) is 20.2 Å². The summed E-state index contributed by atoms with van der Waals surface area (Å²) in [4.78, 5) is 12.5. The van der Waals surface area contributed by atoms with Crippen LogP contribution in [0.5, 0.6) is 5.75 Å². The van der Waals surface area contributed by atoms with Gasteiger partial charge in [-0.05, 0) is 43.7 Å². The number of rotatable bonds is 7. The van der Waals surface area contributed by atoms with Crippen LogP contribution >= 0.6 is 0 Å². The molecule has 2 heterocycles. The standard InChI is InChI=1S/C22H21N5O3/c1-15-19(16(2)30-25-15)14-29-18-9-7-17(8-10-18)13-22(28)24-20-5-3-4-6-21(20)27-12-11-23-26-27/h3-12H,13-14H2,1-2H3,(H,24,28). The highest BCUT2D eigenvalue weighted by Gasteiger charge is 2.11. The minimum absolute atomic E-state index is 0.119. The van der Waals surface area contributed by atoms with Crippen LogP contribution in [0.3, 0.4) is 0 Å². The van der Waals surface area contributed by atoms with E-state index in [0.29, 0.717) is 12.3 Å². The van der Waals surface area contributed by atoms with Crippen molar-refractivity contribution in [2.24, 2.45) is 0 Å². The van der Waals surface area contributed by atoms with Crippen LogP contribution in [0.25, 0.3) is 5.69 Å². The van der Waals surface area contributed by atoms with Gasteiger partial charge in [-0.3, -0.25) is 4.79 Å². The Morgan fingerprint density at radius 2 is 1.93 bits per heavy atom. The van der Waals surface area contributed by atoms with E-state index in [2.05, 4.69) is 20.8 Å². The Kier molecular flexibility index (Phi) is 5.56. The second-order valence-corrected chi connectivity index (χ2v) is 6.83. The molecule has 8 nitrogen and oxygen atoms in total. The van der Waals surface area contributed by atoms with Gasteiger partial charge < -0.3 is 14.6 Å². The SMILES string of the molecule is Cc1noc(C)c1COc1ccc(CC(=O)Nc2ccccc2-n2ccnn2)cc1. The van der Waals surface area contributed by atoms with Crippen molar-refractivity contribution < 1.29 is 14.1 Å². The Labute approximate surface area is 173 Å². The first-order chi connectivity index (χ1) is 14.6. The van der Waals surface area contributed by atoms with Crippen LogP contribution in [-0.4, -0.2) is 26.1 Å². The van der Waals surface area contributed by atoms with Crippen LogP contribution in [0.2, 0.25) is 0 Å². The number of carbonyl (C=O) groups is 1. The number of aryl methyl sites for hydroxylation is 2. The van der Waals surface area contributed by atoms with Crippen molar-refractivity contribution >= 4 is 11.6 Å². The molecule has 1 amide bonds. The summed E-state index contributed by atoms with van der Waals surface area (Å²) in [5.41, 5.74) is 4.09. The molecule has 8 heteroatoms. The van der Waals surface area contributed by atoms with Crippen molar-refractivity contribution in [3.63, 3.8) is 0 Å². The van der Waals surface area contributed by atoms with E-state index in [0.717, 1.165) is 34.0 Å². The molecule has 2 aromatic carbocycles. The Morgan fingerprint density at radius 3 is 2.63 bits per heavy atom. The zero-order valence-electron chi connectivity index (χ0n) is 16.7. The third-order valence-electron chi connectivity index (χ3n) is 4.70. The fraction of sp³-hybridized carbons (Fsp3) is 0.182. The summed E-state index contributed by atoms with van der Waals surface area (Å²) < 4.78 is 12.6. The minimum atomic E-state index is -0.119. The number of carbonyl (C=O) groups excluding carboxylic acids is 1. The first kappa shape index (κ1) is 19.4. The summed E-state index contributed by atoms with van der Waals surface area (Å²) in [5, 5.41) is 14.7. The molecule has 0 saturated heterocycles. The van der Waals surface area contributed by atoms with Crippen LogP contribution < -0.4 is 10.1 Å². The fourth-order valence-corrected chi connectivity index (χ4v) is 3.06. The van der Waals surface area contributed by atoms with E-state index in [-0.39, 0.29) is 12.3 Å². The summed E-state index contributed by atoms with van der Waals surface area (Å²) >= 11 is 0. The van der Waals surface area contributed by atoms with Gasteiger partial charge in [0.25, 0.3) is 0 Å². The van der Waals surface area contributed by atoms with E-state index in [1.807, 2.05) is 62.4 Å². The van der Waals surface area contributed by atoms with Crippen molar-refractivity contribution in [3.05, 3.63) is 83.5 Å². The highest BCUT2D eigenvalue weighted by molar-refractivity contribution is 5.94. The third kappa shape index (κ3) is 4.38. The van der Waals surface area contributed by atoms with Crippen LogP contribution in [0.4, 0.5) is 5.69 Å². The first-order valence-electron chi connectivity index (χ1n) is 9.49. The summed E-state index contributed by atoms with van der Waals surface area (Å²) in [7, 11) is 0. The van der Waals surface area contributed by atoms with Crippen LogP contribution in [0, 0.1) is 13.8 Å². The smallest absolute Gasteiger partial charge is 0.228 e. The Balaban J connectivity index is 1.37. The topological polar surface area (TPSA) is 95.1 Å². The number of benzene rings is 2. The number of hydrogen-bond donors (Lipinski definition) is 1. The predicted octanol–water partition coefficient (Wildman–Crippen LogP) is 3.63. The number of aromatic nitrogens is 4. The molecule has 30 heavy (non-hydrogen) atoms. The number of nitrogens with one attached hydrogen (secondary N) is 1. The molecule has 0 fully saturated rings. The monoisotopic (exact) mass is 403 g/mol. The summed E-state index contributed by atoms with van der Waals surface area (Å²) in [6.07, 6.45) is 3.57. The molecule has 0 unspecified atom stereocenters. The molecule has 152 valence electrons. The average Bonchev–Trinajstić information content (AvgIpc) is 3.38. The van der Waals surface area contributed by atoms with E-state index < -0.39 is 0 Å². The molecule has 0 radical (unpaired) electrons.